The molecule has 0 aliphatic carbocycles. The lowest BCUT2D eigenvalue weighted by atomic mass is 10.2. The van der Waals surface area contributed by atoms with E-state index < -0.39 is 0 Å². The Morgan fingerprint density at radius 2 is 1.82 bits per heavy atom. The van der Waals surface area contributed by atoms with E-state index in [1.807, 2.05) is 35.4 Å². The molecule has 0 spiro atoms. The van der Waals surface area contributed by atoms with E-state index in [2.05, 4.69) is 51.4 Å². The third-order valence-electron chi connectivity index (χ3n) is 4.78. The zero-order valence-electron chi connectivity index (χ0n) is 16.1. The third kappa shape index (κ3) is 4.14. The molecule has 1 fully saturated rings. The van der Waals surface area contributed by atoms with Crippen molar-refractivity contribution in [2.45, 2.75) is 13.8 Å². The Morgan fingerprint density at radius 3 is 2.57 bits per heavy atom. The molecule has 0 saturated carbocycles. The van der Waals surface area contributed by atoms with Crippen molar-refractivity contribution in [3.05, 3.63) is 64.8 Å². The Hall–Kier alpha value is -2.93. The number of amides is 1. The minimum Gasteiger partial charge on any atom is -0.368 e. The van der Waals surface area contributed by atoms with Gasteiger partial charge in [-0.05, 0) is 43.7 Å². The van der Waals surface area contributed by atoms with E-state index in [1.165, 1.54) is 22.6 Å². The lowest BCUT2D eigenvalue weighted by Gasteiger charge is -2.36. The molecule has 3 heterocycles. The number of nitrogens with one attached hydrogen (secondary N) is 1. The molecule has 3 aromatic rings. The van der Waals surface area contributed by atoms with Crippen molar-refractivity contribution in [3.8, 4) is 0 Å². The first-order valence-electron chi connectivity index (χ1n) is 9.35. The Kier molecular flexibility index (Phi) is 5.25. The summed E-state index contributed by atoms with van der Waals surface area (Å²) in [7, 11) is 0. The summed E-state index contributed by atoms with van der Waals surface area (Å²) >= 11 is 1.42. The number of hydrogen-bond donors (Lipinski definition) is 1. The molecule has 1 N–H and O–H groups in total. The van der Waals surface area contributed by atoms with E-state index in [1.54, 1.807) is 0 Å². The molecule has 1 aliphatic rings. The van der Waals surface area contributed by atoms with Crippen LogP contribution in [0.3, 0.4) is 0 Å². The van der Waals surface area contributed by atoms with Crippen LogP contribution in [-0.2, 0) is 0 Å². The highest BCUT2D eigenvalue weighted by molar-refractivity contribution is 7.14. The number of aromatic nitrogens is 2. The van der Waals surface area contributed by atoms with Crippen LogP contribution >= 0.6 is 11.3 Å². The number of anilines is 3. The fraction of sp³-hybridized carbons (Fsp3) is 0.286. The molecule has 0 atom stereocenters. The number of piperazine rings is 1. The predicted molar refractivity (Wildman–Crippen MR) is 114 cm³/mol. The Bertz CT molecular complexity index is 978. The molecule has 1 aliphatic heterocycles. The van der Waals surface area contributed by atoms with Crippen LogP contribution in [0.4, 0.5) is 16.6 Å². The van der Waals surface area contributed by atoms with Crippen molar-refractivity contribution in [3.63, 3.8) is 0 Å². The lowest BCUT2D eigenvalue weighted by Crippen LogP contribution is -2.48. The molecular weight excluding hydrogens is 370 g/mol. The highest BCUT2D eigenvalue weighted by Gasteiger charge is 2.24. The lowest BCUT2D eigenvalue weighted by molar-refractivity contribution is 0.0742. The molecule has 0 bridgehead atoms. The first kappa shape index (κ1) is 18.4. The van der Waals surface area contributed by atoms with Gasteiger partial charge in [0.2, 0.25) is 0 Å². The van der Waals surface area contributed by atoms with Gasteiger partial charge < -0.3 is 15.1 Å². The molecule has 28 heavy (non-hydrogen) atoms. The van der Waals surface area contributed by atoms with E-state index in [4.69, 9.17) is 0 Å². The number of thiazole rings is 1. The van der Waals surface area contributed by atoms with Gasteiger partial charge in [-0.1, -0.05) is 18.2 Å². The van der Waals surface area contributed by atoms with Crippen LogP contribution < -0.4 is 10.2 Å². The van der Waals surface area contributed by atoms with Gasteiger partial charge in [0, 0.05) is 42.9 Å². The number of nitrogens with zero attached hydrogens (tertiary/aromatic N) is 4. The highest BCUT2D eigenvalue weighted by atomic mass is 32.1. The van der Waals surface area contributed by atoms with Crippen molar-refractivity contribution in [2.75, 3.05) is 36.4 Å². The fourth-order valence-electron chi connectivity index (χ4n) is 3.31. The van der Waals surface area contributed by atoms with Crippen LogP contribution in [0.5, 0.6) is 0 Å². The zero-order valence-corrected chi connectivity index (χ0v) is 16.9. The van der Waals surface area contributed by atoms with E-state index in [9.17, 15) is 4.79 Å². The van der Waals surface area contributed by atoms with Gasteiger partial charge in [0.15, 0.2) is 5.13 Å². The quantitative estimate of drug-likeness (QED) is 0.729. The molecule has 144 valence electrons. The highest BCUT2D eigenvalue weighted by Crippen LogP contribution is 2.22. The van der Waals surface area contributed by atoms with Gasteiger partial charge in [-0.2, -0.15) is 0 Å². The van der Waals surface area contributed by atoms with E-state index in [-0.39, 0.29) is 5.91 Å². The minimum atomic E-state index is -0.00889. The smallest absolute Gasteiger partial charge is 0.273 e. The normalized spacial score (nSPS) is 14.2. The molecule has 1 amide bonds. The van der Waals surface area contributed by atoms with E-state index >= 15 is 0 Å². The largest absolute Gasteiger partial charge is 0.368 e. The van der Waals surface area contributed by atoms with Crippen LogP contribution in [0.1, 0.15) is 21.7 Å². The molecule has 1 aromatic carbocycles. The fourth-order valence-corrected chi connectivity index (χ4v) is 4.00. The topological polar surface area (TPSA) is 61.4 Å². The minimum absolute atomic E-state index is 0.00889. The standard InChI is InChI=1S/C21H23N5OS/c1-15-5-3-7-17(13-15)25-9-11-26(12-10-25)20(27)18-14-28-21(23-18)24-19-8-4-6-16(2)22-19/h3-8,13-14H,9-12H2,1-2H3,(H,22,23,24). The Labute approximate surface area is 168 Å². The Balaban J connectivity index is 1.37. The average molecular weight is 394 g/mol. The van der Waals surface area contributed by atoms with Gasteiger partial charge in [-0.25, -0.2) is 9.97 Å². The Morgan fingerprint density at radius 1 is 1.04 bits per heavy atom. The summed E-state index contributed by atoms with van der Waals surface area (Å²) in [6.07, 6.45) is 0. The van der Waals surface area contributed by atoms with Crippen molar-refractivity contribution in [2.24, 2.45) is 0 Å². The van der Waals surface area contributed by atoms with Gasteiger partial charge in [-0.15, -0.1) is 11.3 Å². The van der Waals surface area contributed by atoms with Crippen LogP contribution in [-0.4, -0.2) is 47.0 Å². The summed E-state index contributed by atoms with van der Waals surface area (Å²) in [4.78, 5) is 25.9. The second-order valence-corrected chi connectivity index (χ2v) is 7.80. The first-order valence-corrected chi connectivity index (χ1v) is 10.2. The predicted octanol–water partition coefficient (Wildman–Crippen LogP) is 3.86. The van der Waals surface area contributed by atoms with Gasteiger partial charge in [0.05, 0.1) is 0 Å². The summed E-state index contributed by atoms with van der Waals surface area (Å²) in [6, 6.07) is 14.3. The van der Waals surface area contributed by atoms with E-state index in [0.717, 1.165) is 24.6 Å². The third-order valence-corrected chi connectivity index (χ3v) is 5.54. The number of carbonyl (C=O) groups excluding carboxylic acids is 1. The van der Waals surface area contributed by atoms with Crippen LogP contribution in [0.25, 0.3) is 0 Å². The average Bonchev–Trinajstić information content (AvgIpc) is 3.16. The molecule has 4 rings (SSSR count). The van der Waals surface area contributed by atoms with Crippen molar-refractivity contribution in [1.82, 2.24) is 14.9 Å². The summed E-state index contributed by atoms with van der Waals surface area (Å²) in [5, 5.41) is 5.67. The second-order valence-electron chi connectivity index (χ2n) is 6.95. The molecule has 2 aromatic heterocycles. The molecule has 1 saturated heterocycles. The number of pyridine rings is 1. The van der Waals surface area contributed by atoms with Crippen LogP contribution in [0, 0.1) is 13.8 Å². The van der Waals surface area contributed by atoms with Gasteiger partial charge in [-0.3, -0.25) is 4.79 Å². The number of hydrogen-bond acceptors (Lipinski definition) is 6. The summed E-state index contributed by atoms with van der Waals surface area (Å²) in [6.45, 7) is 7.11. The maximum atomic E-state index is 12.8. The van der Waals surface area contributed by atoms with E-state index in [0.29, 0.717) is 23.9 Å². The number of carbonyl (C=O) groups is 1. The van der Waals surface area contributed by atoms with Gasteiger partial charge >= 0.3 is 0 Å². The first-order chi connectivity index (χ1) is 13.6. The maximum absolute atomic E-state index is 12.8. The SMILES string of the molecule is Cc1cccc(N2CCN(C(=O)c3csc(Nc4cccc(C)n4)n3)CC2)c1. The van der Waals surface area contributed by atoms with Gasteiger partial charge in [0.1, 0.15) is 11.5 Å². The summed E-state index contributed by atoms with van der Waals surface area (Å²) < 4.78 is 0. The monoisotopic (exact) mass is 393 g/mol. The number of rotatable bonds is 4. The van der Waals surface area contributed by atoms with Crippen LogP contribution in [0.2, 0.25) is 0 Å². The molecule has 0 radical (unpaired) electrons. The second kappa shape index (κ2) is 7.98. The van der Waals surface area contributed by atoms with Gasteiger partial charge in [0.25, 0.3) is 5.91 Å². The number of benzene rings is 1. The molecular formula is C21H23N5OS. The molecule has 7 heteroatoms. The number of aryl methyl sites for hydroxylation is 2. The summed E-state index contributed by atoms with van der Waals surface area (Å²) in [5.74, 6) is 0.727. The zero-order chi connectivity index (χ0) is 19.5. The summed E-state index contributed by atoms with van der Waals surface area (Å²) in [5.41, 5.74) is 3.90. The maximum Gasteiger partial charge on any atom is 0.273 e. The van der Waals surface area contributed by atoms with Crippen molar-refractivity contribution >= 4 is 33.9 Å². The van der Waals surface area contributed by atoms with Crippen molar-refractivity contribution < 1.29 is 4.79 Å². The van der Waals surface area contributed by atoms with Crippen LogP contribution in [0.15, 0.2) is 47.8 Å². The molecule has 0 unspecified atom stereocenters. The van der Waals surface area contributed by atoms with Crippen molar-refractivity contribution in [1.29, 1.82) is 0 Å². The molecule has 6 nitrogen and oxygen atoms in total.